The maximum Gasteiger partial charge on any atom is 0.237 e. The Bertz CT molecular complexity index is 537. The van der Waals surface area contributed by atoms with Crippen LogP contribution in [0.3, 0.4) is 0 Å². The molecule has 7 heteroatoms. The number of rotatable bonds is 1. The lowest BCUT2D eigenvalue weighted by Gasteiger charge is -2.18. The van der Waals surface area contributed by atoms with Gasteiger partial charge in [0.2, 0.25) is 5.91 Å². The highest BCUT2D eigenvalue weighted by Gasteiger charge is 2.52. The first-order valence-corrected chi connectivity index (χ1v) is 5.36. The van der Waals surface area contributed by atoms with E-state index in [1.54, 1.807) is 19.4 Å². The Morgan fingerprint density at radius 3 is 3.06 bits per heavy atom. The number of hydrogen-bond donors (Lipinski definition) is 0. The Labute approximate surface area is 97.1 Å². The zero-order valence-electron chi connectivity index (χ0n) is 9.19. The van der Waals surface area contributed by atoms with Gasteiger partial charge in [0, 0.05) is 30.3 Å². The summed E-state index contributed by atoms with van der Waals surface area (Å²) >= 11 is 0. The van der Waals surface area contributed by atoms with Gasteiger partial charge in [0.15, 0.2) is 5.82 Å². The number of carbonyl (C=O) groups is 1. The van der Waals surface area contributed by atoms with Crippen molar-refractivity contribution in [2.45, 2.75) is 18.4 Å². The summed E-state index contributed by atoms with van der Waals surface area (Å²) in [6.07, 6.45) is 4.03. The lowest BCUT2D eigenvalue weighted by Crippen LogP contribution is -2.36. The summed E-state index contributed by atoms with van der Waals surface area (Å²) < 4.78 is 0. The molecule has 3 rings (SSSR count). The second kappa shape index (κ2) is 3.43. The van der Waals surface area contributed by atoms with Gasteiger partial charge in [-0.05, 0) is 17.9 Å². The molecule has 0 radical (unpaired) electrons. The molecule has 0 aromatic carbocycles. The third kappa shape index (κ3) is 1.36. The zero-order chi connectivity index (χ0) is 12.0. The zero-order valence-corrected chi connectivity index (χ0v) is 9.19. The molecule has 0 spiro atoms. The summed E-state index contributed by atoms with van der Waals surface area (Å²) in [5.74, 6) is 0.664. The molecule has 17 heavy (non-hydrogen) atoms. The number of hydrogen-bond acceptors (Lipinski definition) is 4. The first-order valence-electron chi connectivity index (χ1n) is 5.36. The van der Waals surface area contributed by atoms with Gasteiger partial charge < -0.3 is 0 Å². The third-order valence-corrected chi connectivity index (χ3v) is 3.38. The molecule has 1 aliphatic heterocycles. The number of amides is 1. The van der Waals surface area contributed by atoms with Crippen molar-refractivity contribution in [1.82, 2.24) is 9.97 Å². The number of likely N-dealkylation sites (N-methyl/N-ethyl adjacent to an activating group) is 1. The van der Waals surface area contributed by atoms with Gasteiger partial charge in [0.05, 0.1) is 5.69 Å². The molecule has 0 N–H and O–H groups in total. The summed E-state index contributed by atoms with van der Waals surface area (Å²) in [4.78, 5) is 24.8. The van der Waals surface area contributed by atoms with Gasteiger partial charge >= 0.3 is 0 Å². The SMILES string of the molecule is CN1C(=O)C(N=[N+]=[N-])C2CC2c2nccnc21. The van der Waals surface area contributed by atoms with Crippen LogP contribution in [-0.2, 0) is 4.79 Å². The molecule has 1 aliphatic carbocycles. The molecule has 1 aromatic heterocycles. The van der Waals surface area contributed by atoms with Crippen LogP contribution in [0.4, 0.5) is 5.82 Å². The van der Waals surface area contributed by atoms with E-state index in [2.05, 4.69) is 20.0 Å². The van der Waals surface area contributed by atoms with E-state index in [1.807, 2.05) is 0 Å². The van der Waals surface area contributed by atoms with Crippen LogP contribution in [0.15, 0.2) is 17.5 Å². The molecular formula is C10H10N6O. The van der Waals surface area contributed by atoms with Crippen molar-refractivity contribution in [1.29, 1.82) is 0 Å². The lowest BCUT2D eigenvalue weighted by molar-refractivity contribution is -0.119. The van der Waals surface area contributed by atoms with Crippen molar-refractivity contribution in [2.24, 2.45) is 11.0 Å². The molecule has 2 heterocycles. The van der Waals surface area contributed by atoms with E-state index in [4.69, 9.17) is 5.53 Å². The summed E-state index contributed by atoms with van der Waals surface area (Å²) in [5.41, 5.74) is 9.36. The number of fused-ring (bicyclic) bond motifs is 3. The van der Waals surface area contributed by atoms with E-state index in [-0.39, 0.29) is 17.7 Å². The summed E-state index contributed by atoms with van der Waals surface area (Å²) in [5, 5.41) is 3.61. The molecule has 7 nitrogen and oxygen atoms in total. The molecule has 3 unspecified atom stereocenters. The van der Waals surface area contributed by atoms with Crippen LogP contribution >= 0.6 is 0 Å². The lowest BCUT2D eigenvalue weighted by atomic mass is 10.1. The van der Waals surface area contributed by atoms with Crippen molar-refractivity contribution < 1.29 is 4.79 Å². The van der Waals surface area contributed by atoms with E-state index >= 15 is 0 Å². The minimum atomic E-state index is -0.619. The van der Waals surface area contributed by atoms with Crippen LogP contribution in [0.2, 0.25) is 0 Å². The molecule has 0 bridgehead atoms. The maximum absolute atomic E-state index is 12.1. The maximum atomic E-state index is 12.1. The molecule has 1 fully saturated rings. The fourth-order valence-corrected chi connectivity index (χ4v) is 2.42. The first-order chi connectivity index (χ1) is 8.24. The predicted molar refractivity (Wildman–Crippen MR) is 59.2 cm³/mol. The van der Waals surface area contributed by atoms with Crippen molar-refractivity contribution in [3.63, 3.8) is 0 Å². The fourth-order valence-electron chi connectivity index (χ4n) is 2.42. The molecule has 0 saturated heterocycles. The molecule has 1 aromatic rings. The van der Waals surface area contributed by atoms with Crippen molar-refractivity contribution in [3.05, 3.63) is 28.5 Å². The van der Waals surface area contributed by atoms with E-state index < -0.39 is 6.04 Å². The number of aromatic nitrogens is 2. The number of nitrogens with zero attached hydrogens (tertiary/aromatic N) is 6. The van der Waals surface area contributed by atoms with E-state index in [1.165, 1.54) is 4.90 Å². The van der Waals surface area contributed by atoms with Gasteiger partial charge in [-0.15, -0.1) is 0 Å². The average molecular weight is 230 g/mol. The van der Waals surface area contributed by atoms with Gasteiger partial charge in [0.25, 0.3) is 0 Å². The van der Waals surface area contributed by atoms with Gasteiger partial charge in [-0.25, -0.2) is 4.98 Å². The second-order valence-electron chi connectivity index (χ2n) is 4.32. The highest BCUT2D eigenvalue weighted by atomic mass is 16.2. The number of anilines is 1. The third-order valence-electron chi connectivity index (χ3n) is 3.38. The number of carbonyl (C=O) groups excluding carboxylic acids is 1. The smallest absolute Gasteiger partial charge is 0.237 e. The van der Waals surface area contributed by atoms with Crippen LogP contribution in [-0.4, -0.2) is 29.0 Å². The highest BCUT2D eigenvalue weighted by molar-refractivity contribution is 5.98. The Kier molecular flexibility index (Phi) is 2.02. The molecule has 1 amide bonds. The van der Waals surface area contributed by atoms with E-state index in [0.717, 1.165) is 12.1 Å². The minimum Gasteiger partial charge on any atom is -0.298 e. The quantitative estimate of drug-likeness (QED) is 0.412. The molecular weight excluding hydrogens is 220 g/mol. The van der Waals surface area contributed by atoms with E-state index in [9.17, 15) is 4.79 Å². The van der Waals surface area contributed by atoms with Crippen LogP contribution in [0.5, 0.6) is 0 Å². The molecule has 3 atom stereocenters. The Morgan fingerprint density at radius 1 is 1.53 bits per heavy atom. The molecule has 2 aliphatic rings. The largest absolute Gasteiger partial charge is 0.298 e. The first kappa shape index (κ1) is 10.0. The van der Waals surface area contributed by atoms with Crippen LogP contribution in [0, 0.1) is 5.92 Å². The molecule has 86 valence electrons. The summed E-state index contributed by atoms with van der Waals surface area (Å²) in [7, 11) is 1.64. The van der Waals surface area contributed by atoms with Crippen LogP contribution in [0.1, 0.15) is 18.0 Å². The standard InChI is InChI=1S/C10H10N6O/c1-16-9-7(12-2-3-13-9)5-4-6(5)8(10(16)17)14-15-11/h2-3,5-6,8H,4H2,1H3. The van der Waals surface area contributed by atoms with Crippen LogP contribution < -0.4 is 4.90 Å². The van der Waals surface area contributed by atoms with Crippen LogP contribution in [0.25, 0.3) is 10.4 Å². The second-order valence-corrected chi connectivity index (χ2v) is 4.32. The van der Waals surface area contributed by atoms with Crippen molar-refractivity contribution in [3.8, 4) is 0 Å². The Balaban J connectivity index is 2.11. The van der Waals surface area contributed by atoms with Gasteiger partial charge in [-0.2, -0.15) is 0 Å². The van der Waals surface area contributed by atoms with Gasteiger partial charge in [-0.1, -0.05) is 5.11 Å². The minimum absolute atomic E-state index is 0.0822. The Hall–Kier alpha value is -2.14. The monoisotopic (exact) mass is 230 g/mol. The normalized spacial score (nSPS) is 29.8. The highest BCUT2D eigenvalue weighted by Crippen LogP contribution is 2.53. The van der Waals surface area contributed by atoms with Gasteiger partial charge in [-0.3, -0.25) is 14.7 Å². The van der Waals surface area contributed by atoms with Gasteiger partial charge in [0.1, 0.15) is 6.04 Å². The number of azide groups is 1. The molecule has 1 saturated carbocycles. The fraction of sp³-hybridized carbons (Fsp3) is 0.500. The average Bonchev–Trinajstić information content (AvgIpc) is 3.14. The van der Waals surface area contributed by atoms with Crippen molar-refractivity contribution in [2.75, 3.05) is 11.9 Å². The summed E-state index contributed by atoms with van der Waals surface area (Å²) in [6, 6.07) is -0.619. The van der Waals surface area contributed by atoms with E-state index in [0.29, 0.717) is 5.82 Å². The predicted octanol–water partition coefficient (Wildman–Crippen LogP) is 1.24. The Morgan fingerprint density at radius 2 is 2.29 bits per heavy atom. The summed E-state index contributed by atoms with van der Waals surface area (Å²) in [6.45, 7) is 0. The van der Waals surface area contributed by atoms with Crippen molar-refractivity contribution >= 4 is 11.7 Å². The topological polar surface area (TPSA) is 94.9 Å².